The van der Waals surface area contributed by atoms with Gasteiger partial charge in [-0.3, -0.25) is 96.5 Å². The van der Waals surface area contributed by atoms with Crippen molar-refractivity contribution >= 4 is 129 Å². The summed E-state index contributed by atoms with van der Waals surface area (Å²) in [5.41, 5.74) is 35.9. The molecule has 830 valence electrons. The normalized spacial score (nSPS) is 18.4. The molecule has 3 aliphatic heterocycles. The minimum absolute atomic E-state index is 0.0144. The van der Waals surface area contributed by atoms with Gasteiger partial charge in [-0.2, -0.15) is 5.21 Å². The lowest BCUT2D eigenvalue weighted by atomic mass is 9.98. The highest BCUT2D eigenvalue weighted by Gasteiger charge is 2.43. The quantitative estimate of drug-likeness (QED) is 0.0158. The van der Waals surface area contributed by atoms with Gasteiger partial charge in [-0.1, -0.05) is 170 Å². The number of aromatic amines is 2. The Hall–Kier alpha value is -13.8. The van der Waals surface area contributed by atoms with E-state index in [-0.39, 0.29) is 146 Å². The van der Waals surface area contributed by atoms with Crippen LogP contribution in [0.15, 0.2) is 87.5 Å². The molecular weight excluding hydrogens is 1940 g/mol. The molecule has 0 aliphatic carbocycles. The van der Waals surface area contributed by atoms with E-state index in [2.05, 4.69) is 99.1 Å². The van der Waals surface area contributed by atoms with Gasteiger partial charge < -0.3 is 127 Å². The van der Waals surface area contributed by atoms with E-state index >= 15 is 0 Å². The van der Waals surface area contributed by atoms with Crippen molar-refractivity contribution < 1.29 is 96.1 Å². The number of rotatable bonds is 61. The average Bonchev–Trinajstić information content (AvgIpc) is 1.66. The maximum absolute atomic E-state index is 14.5. The van der Waals surface area contributed by atoms with Crippen LogP contribution < -0.4 is 92.9 Å². The molecule has 12 atom stereocenters. The number of nitrogens with two attached hydrogens (primary N) is 6. The largest absolute Gasteiger partial charge is 0.391 e. The number of aryl methyl sites for hydroxylation is 1. The molecule has 4 aromatic rings. The van der Waals surface area contributed by atoms with Gasteiger partial charge in [0.1, 0.15) is 66.8 Å². The van der Waals surface area contributed by atoms with Crippen molar-refractivity contribution in [3.05, 3.63) is 89.5 Å². The number of aliphatic hydroxyl groups excluding tert-OH is 1. The van der Waals surface area contributed by atoms with Crippen LogP contribution in [0.25, 0.3) is 10.9 Å². The van der Waals surface area contributed by atoms with Crippen molar-refractivity contribution in [2.45, 2.75) is 318 Å². The molecule has 48 nitrogen and oxygen atoms in total. The van der Waals surface area contributed by atoms with Gasteiger partial charge in [-0.25, -0.2) is 0 Å². The van der Waals surface area contributed by atoms with Gasteiger partial charge in [0.2, 0.25) is 88.6 Å². The fourth-order valence-electron chi connectivity index (χ4n) is 17.2. The third-order valence-corrected chi connectivity index (χ3v) is 25.7. The third kappa shape index (κ3) is 49.6. The molecule has 150 heavy (non-hydrogen) atoms. The summed E-state index contributed by atoms with van der Waals surface area (Å²) in [4.78, 5) is 249. The van der Waals surface area contributed by atoms with Crippen LogP contribution in [0, 0.1) is 5.92 Å². The Morgan fingerprint density at radius 3 is 1.82 bits per heavy atom. The number of aliphatic hydroxyl groups is 1. The molecule has 2 fully saturated rings. The summed E-state index contributed by atoms with van der Waals surface area (Å²) in [6, 6.07) is 3.86. The number of H-pyrrole nitrogens is 2. The number of fused-ring (bicyclic) bond motifs is 2. The minimum atomic E-state index is -1.65. The first-order valence-electron chi connectivity index (χ1n) is 52.4. The Labute approximate surface area is 876 Å². The van der Waals surface area contributed by atoms with Gasteiger partial charge >= 0.3 is 0 Å². The van der Waals surface area contributed by atoms with Crippen LogP contribution >= 0.6 is 0 Å². The third-order valence-electron chi connectivity index (χ3n) is 25.7. The van der Waals surface area contributed by atoms with E-state index < -0.39 is 188 Å². The number of likely N-dealkylation sites (N-methyl/N-ethyl adjacent to an activating group) is 2. The average molecular weight is 2100 g/mol. The Bertz CT molecular complexity index is 5070. The summed E-state index contributed by atoms with van der Waals surface area (Å²) in [5, 5.41) is 55.0. The summed E-state index contributed by atoms with van der Waals surface area (Å²) in [7, 11) is 4.97. The molecule has 0 spiro atoms. The highest BCUT2D eigenvalue weighted by molar-refractivity contribution is 6.00. The highest BCUT2D eigenvalue weighted by Crippen LogP contribution is 2.26. The summed E-state index contributed by atoms with van der Waals surface area (Å²) in [6.07, 6.45) is 24.1. The number of aromatic nitrogens is 5. The predicted octanol–water partition coefficient (Wildman–Crippen LogP) is 0.103. The molecule has 7 rings (SSSR count). The Balaban J connectivity index is 0.000000484. The maximum atomic E-state index is 14.5. The second-order valence-electron chi connectivity index (χ2n) is 38.4. The van der Waals surface area contributed by atoms with E-state index in [0.717, 1.165) is 67.2 Å². The van der Waals surface area contributed by atoms with Gasteiger partial charge in [0.05, 0.1) is 45.1 Å². The van der Waals surface area contributed by atoms with Gasteiger partial charge in [-0.15, -0.1) is 10.2 Å². The van der Waals surface area contributed by atoms with Crippen LogP contribution in [-0.2, 0) is 110 Å². The van der Waals surface area contributed by atoms with Crippen LogP contribution in [0.3, 0.4) is 0 Å². The number of benzene rings is 2. The lowest BCUT2D eigenvalue weighted by Crippen LogP contribution is -2.60. The standard InChI is InChI=1S/C57H101N19O12.C45H61N9O8/c1-5-6-22-41(52(82)62-2)66-50(80)38-76(32-31-75(3)4)56(86)44(36-40-21-20-29-63-40)69-54(84)43(26-28-47(59)78)68-55(85)45(37-65-57(60)61)70-53(83)42(25-27-46(58)77)67-51(81)39-88-35-34-87-33-30-64-49(79)24-19-17-15-13-11-9-7-8-10-12-14-16-18-23-48-71-73-74-72-48;1-27-19-20-31(56)14-7-4-8-16-34(28(2)55)50-42(60)38(23-30-25-49-35-17-10-9-15-33(30)35)52-40(58)36(18-11-21-48-45(46)47)51-41(59)37(22-29-12-5-3-6-13-29)53-43(61)39-24-32(57)26-54(39)44(27)62/h21,29,41-45H,5-20,22-28,30-39H2,1-4H3,(H2,58,77)(H2,59,78)(H,62,82)(H,64,79)(H,66,80)(H,67,81)(H,68,85)(H,69,84)(H,70,83)(H4,60,61,65)(H,71,72,73,74);3,5-6,9-10,12-13,15,17,25,27,32,34,36-39,49,57H,4,7-8,11,14,16,18-24,26H2,1-2H3,(H,50,60)(H,51,59)(H,52,58)(H,53,61)(H4,46,47,48)/t41-,42-,43-,44-,45-;27-,32+,34-,36-,37+,38-,39-/m00/s1. The highest BCUT2D eigenvalue weighted by atomic mass is 16.5. The second kappa shape index (κ2) is 70.3. The van der Waals surface area contributed by atoms with Crippen LogP contribution in [0.4, 0.5) is 0 Å². The Kier molecular flexibility index (Phi) is 58.5. The second-order valence-corrected chi connectivity index (χ2v) is 38.4. The first-order valence-corrected chi connectivity index (χ1v) is 52.4. The van der Waals surface area contributed by atoms with E-state index in [0.29, 0.717) is 69.2 Å². The number of carbonyl (C=O) groups is 17. The maximum Gasteiger partial charge on any atom is 0.246 e. The van der Waals surface area contributed by atoms with E-state index in [1.807, 2.05) is 31.2 Å². The van der Waals surface area contributed by atoms with Gasteiger partial charge in [0.25, 0.3) is 0 Å². The van der Waals surface area contributed by atoms with Crippen molar-refractivity contribution in [3.63, 3.8) is 0 Å². The van der Waals surface area contributed by atoms with Crippen molar-refractivity contribution in [3.8, 4) is 0 Å². The Morgan fingerprint density at radius 2 is 1.19 bits per heavy atom. The number of aliphatic imine (C=N–C) groups is 3. The molecule has 5 heterocycles. The minimum Gasteiger partial charge on any atom is -0.391 e. The summed E-state index contributed by atoms with van der Waals surface area (Å²) in [5.74, 6) is -11.0. The predicted molar refractivity (Wildman–Crippen MR) is 562 cm³/mol. The van der Waals surface area contributed by atoms with Crippen LogP contribution in [0.1, 0.15) is 250 Å². The number of tetrazole rings is 1. The number of nitrogens with zero attached hydrogens (tertiary/aromatic N) is 9. The first-order chi connectivity index (χ1) is 71.9. The summed E-state index contributed by atoms with van der Waals surface area (Å²) in [6.45, 7) is 4.30. The number of carbonyl (C=O) groups excluding carboxylic acids is 17. The zero-order valence-electron chi connectivity index (χ0n) is 87.8. The van der Waals surface area contributed by atoms with Crippen molar-refractivity contribution in [2.75, 3.05) is 93.4 Å². The molecule has 2 aromatic heterocycles. The zero-order valence-corrected chi connectivity index (χ0v) is 87.8. The molecule has 48 heteroatoms. The fourth-order valence-corrected chi connectivity index (χ4v) is 17.2. The number of unbranched alkanes of at least 4 members (excludes halogenated alkanes) is 13. The van der Waals surface area contributed by atoms with E-state index in [1.54, 1.807) is 74.7 Å². The molecule has 0 saturated carbocycles. The molecular formula is C102H162N28O20. The molecule has 2 aromatic carbocycles. The lowest BCUT2D eigenvalue weighted by molar-refractivity contribution is -0.142. The number of primary amides is 2. The van der Waals surface area contributed by atoms with Crippen LogP contribution in [0.5, 0.6) is 0 Å². The van der Waals surface area contributed by atoms with Crippen LogP contribution in [-0.4, -0.2) is 324 Å². The van der Waals surface area contributed by atoms with E-state index in [4.69, 9.17) is 43.9 Å². The van der Waals surface area contributed by atoms with Gasteiger partial charge in [0, 0.05) is 145 Å². The van der Waals surface area contributed by atoms with E-state index in [1.165, 1.54) is 75.1 Å². The van der Waals surface area contributed by atoms with Gasteiger partial charge in [-0.05, 0) is 102 Å². The molecule has 15 amide bonds. The number of guanidine groups is 2. The number of ketones is 2. The van der Waals surface area contributed by atoms with Crippen molar-refractivity contribution in [2.24, 2.45) is 55.3 Å². The van der Waals surface area contributed by atoms with Gasteiger partial charge in [0.15, 0.2) is 23.5 Å². The van der Waals surface area contributed by atoms with Crippen molar-refractivity contribution in [1.29, 1.82) is 0 Å². The van der Waals surface area contributed by atoms with E-state index in [9.17, 15) is 86.6 Å². The smallest absolute Gasteiger partial charge is 0.246 e. The SMILES string of the molecule is CC(=O)[C@@H]1CCCCCC(=O)CC[C@H](C)C(=O)N2C[C@H](O)C[C@H]2C(=O)N[C@H](Cc2ccccc2)C(=O)N[C@@H](CCCN=C(N)N)C(=O)N[C@@H](Cc2c[nH]c3ccccc23)C(=O)N1.CCCC[C@H](NC(=O)CN(CCN(C)C)C(=O)[C@H](CC1=CCC=N1)NC(=O)[C@H](CCC(N)=O)NC(=O)[C@H](CN=C(N)N)NC(=O)[C@H](CCC(N)=O)NC(=O)COCCOCCNC(=O)CCCCCCCCCCCCCCCc1nn[nH]n1)C(=O)NC. The topological polar surface area (TPSA) is 734 Å². The molecule has 0 radical (unpaired) electrons. The number of Topliss-reactive ketones (excluding diaryl/α,β-unsaturated/α-hetero) is 2. The lowest BCUT2D eigenvalue weighted by Gasteiger charge is -2.30. The zero-order chi connectivity index (χ0) is 110. The molecule has 0 bridgehead atoms. The first kappa shape index (κ1) is 125. The summed E-state index contributed by atoms with van der Waals surface area (Å²) < 4.78 is 11.0. The number of nitrogens with one attached hydrogen (secondary N) is 13. The number of amides is 15. The molecule has 26 N–H and O–H groups in total. The van der Waals surface area contributed by atoms with Crippen molar-refractivity contribution in [1.82, 2.24) is 98.8 Å². The molecule has 0 unspecified atom stereocenters. The number of ether oxygens (including phenoxy) is 2. The fraction of sp³-hybridized carbons (Fsp3) is 0.637. The van der Waals surface area contributed by atoms with Crippen LogP contribution in [0.2, 0.25) is 0 Å². The number of para-hydroxylation sites is 1. The number of hydrogen-bond acceptors (Lipinski definition) is 27. The number of allylic oxidation sites excluding steroid dienone is 1. The summed E-state index contributed by atoms with van der Waals surface area (Å²) >= 11 is 0. The monoisotopic (exact) mass is 2100 g/mol. The molecule has 3 aliphatic rings. The number of hydrogen-bond donors (Lipinski definition) is 20. The molecule has 2 saturated heterocycles. The Morgan fingerprint density at radius 1 is 0.593 bits per heavy atom.